The number of hydrogen-bond donors (Lipinski definition) is 0. The van der Waals surface area contributed by atoms with Crippen LogP contribution in [0.4, 0.5) is 4.39 Å². The third-order valence-electron chi connectivity index (χ3n) is 1.97. The van der Waals surface area contributed by atoms with Crippen molar-refractivity contribution in [2.75, 3.05) is 40.3 Å². The summed E-state index contributed by atoms with van der Waals surface area (Å²) in [5.41, 5.74) is 0. The van der Waals surface area contributed by atoms with Gasteiger partial charge < -0.3 is 9.80 Å². The van der Waals surface area contributed by atoms with E-state index in [1.165, 1.54) is 6.42 Å². The van der Waals surface area contributed by atoms with Crippen LogP contribution in [0.25, 0.3) is 0 Å². The molecule has 2 nitrogen and oxygen atoms in total. The predicted molar refractivity (Wildman–Crippen MR) is 44.5 cm³/mol. The molecule has 1 heterocycles. The molecule has 11 heavy (non-hydrogen) atoms. The summed E-state index contributed by atoms with van der Waals surface area (Å²) in [5, 5.41) is 0. The van der Waals surface area contributed by atoms with Crippen molar-refractivity contribution < 1.29 is 4.39 Å². The number of halogens is 1. The lowest BCUT2D eigenvalue weighted by Crippen LogP contribution is -2.43. The van der Waals surface area contributed by atoms with Crippen molar-refractivity contribution in [1.29, 1.82) is 0 Å². The van der Waals surface area contributed by atoms with E-state index in [4.69, 9.17) is 0 Å². The zero-order chi connectivity index (χ0) is 8.27. The summed E-state index contributed by atoms with van der Waals surface area (Å²) in [6.07, 6.45) is 0.569. The van der Waals surface area contributed by atoms with Crippen LogP contribution in [-0.2, 0) is 0 Å². The highest BCUT2D eigenvalue weighted by Gasteiger charge is 2.18. The number of nitrogens with zero attached hydrogens (tertiary/aromatic N) is 2. The number of hydrogen-bond acceptors (Lipinski definition) is 2. The Bertz CT molecular complexity index is 113. The van der Waals surface area contributed by atoms with Crippen molar-refractivity contribution >= 4 is 0 Å². The van der Waals surface area contributed by atoms with Crippen molar-refractivity contribution in [3.8, 4) is 0 Å². The Morgan fingerprint density at radius 1 is 1.45 bits per heavy atom. The maximum atomic E-state index is 13.0. The normalized spacial score (nSPS) is 21.8. The van der Waals surface area contributed by atoms with E-state index in [-0.39, 0.29) is 0 Å². The summed E-state index contributed by atoms with van der Waals surface area (Å²) in [4.78, 5) is 4.05. The first kappa shape index (κ1) is 8.94. The highest BCUT2D eigenvalue weighted by Crippen LogP contribution is 2.07. The topological polar surface area (TPSA) is 6.48 Å². The molecule has 0 saturated carbocycles. The van der Waals surface area contributed by atoms with Crippen LogP contribution >= 0.6 is 0 Å². The van der Waals surface area contributed by atoms with E-state index in [9.17, 15) is 4.39 Å². The molecule has 0 amide bonds. The average molecular weight is 160 g/mol. The molecule has 1 saturated heterocycles. The molecule has 0 N–H and O–H groups in total. The molecule has 0 bridgehead atoms. The Hall–Kier alpha value is -0.150. The van der Waals surface area contributed by atoms with E-state index in [1.54, 1.807) is 0 Å². The molecule has 0 aromatic rings. The third-order valence-corrected chi connectivity index (χ3v) is 1.97. The highest BCUT2D eigenvalue weighted by molar-refractivity contribution is 4.73. The largest absolute Gasteiger partial charge is 0.306 e. The van der Waals surface area contributed by atoms with Crippen molar-refractivity contribution in [2.24, 2.45) is 0 Å². The van der Waals surface area contributed by atoms with Gasteiger partial charge in [0.15, 0.2) is 0 Å². The van der Waals surface area contributed by atoms with Gasteiger partial charge in [0.25, 0.3) is 0 Å². The van der Waals surface area contributed by atoms with Gasteiger partial charge in [0.1, 0.15) is 6.17 Å². The number of alkyl halides is 1. The van der Waals surface area contributed by atoms with Gasteiger partial charge in [-0.25, -0.2) is 4.39 Å². The Morgan fingerprint density at radius 2 is 2.09 bits per heavy atom. The van der Waals surface area contributed by atoms with Gasteiger partial charge in [0.2, 0.25) is 0 Å². The van der Waals surface area contributed by atoms with Crippen molar-refractivity contribution in [3.05, 3.63) is 0 Å². The van der Waals surface area contributed by atoms with Crippen LogP contribution in [0.1, 0.15) is 6.42 Å². The fourth-order valence-corrected chi connectivity index (χ4v) is 1.30. The van der Waals surface area contributed by atoms with Crippen LogP contribution in [0.2, 0.25) is 0 Å². The molecule has 1 fully saturated rings. The molecular formula is C8H17FN2. The second-order valence-corrected chi connectivity index (χ2v) is 3.51. The fourth-order valence-electron chi connectivity index (χ4n) is 1.30. The third kappa shape index (κ3) is 3.16. The van der Waals surface area contributed by atoms with Gasteiger partial charge in [-0.05, 0) is 33.6 Å². The van der Waals surface area contributed by atoms with Gasteiger partial charge in [0, 0.05) is 13.1 Å². The molecule has 0 aliphatic carbocycles. The van der Waals surface area contributed by atoms with Crippen molar-refractivity contribution in [2.45, 2.75) is 12.6 Å². The number of likely N-dealkylation sites (tertiary alicyclic amines) is 1. The second kappa shape index (κ2) is 4.02. The molecule has 3 heteroatoms. The minimum atomic E-state index is -0.676. The summed E-state index contributed by atoms with van der Waals surface area (Å²) < 4.78 is 13.0. The van der Waals surface area contributed by atoms with E-state index in [2.05, 4.69) is 4.90 Å². The molecule has 1 atom stereocenters. The van der Waals surface area contributed by atoms with Gasteiger partial charge >= 0.3 is 0 Å². The molecule has 1 rings (SSSR count). The molecule has 1 unspecified atom stereocenters. The maximum absolute atomic E-state index is 13.0. The first-order chi connectivity index (χ1) is 5.18. The lowest BCUT2D eigenvalue weighted by atomic mass is 10.2. The maximum Gasteiger partial charge on any atom is 0.125 e. The van der Waals surface area contributed by atoms with Gasteiger partial charge in [-0.3, -0.25) is 0 Å². The van der Waals surface area contributed by atoms with Crippen LogP contribution < -0.4 is 0 Å². The molecule has 0 spiro atoms. The first-order valence-electron chi connectivity index (χ1n) is 4.19. The Labute approximate surface area is 68.0 Å². The average Bonchev–Trinajstić information content (AvgIpc) is 1.77. The van der Waals surface area contributed by atoms with Crippen LogP contribution in [0.3, 0.4) is 0 Å². The predicted octanol–water partition coefficient (Wildman–Crippen LogP) is 0.592. The van der Waals surface area contributed by atoms with E-state index in [0.717, 1.165) is 13.1 Å². The minimum Gasteiger partial charge on any atom is -0.306 e. The zero-order valence-electron chi connectivity index (χ0n) is 7.39. The quantitative estimate of drug-likeness (QED) is 0.594. The van der Waals surface area contributed by atoms with Crippen molar-refractivity contribution in [1.82, 2.24) is 9.80 Å². The van der Waals surface area contributed by atoms with Crippen LogP contribution in [0.15, 0.2) is 0 Å². The van der Waals surface area contributed by atoms with Crippen LogP contribution in [0.5, 0.6) is 0 Å². The molecule has 0 aromatic heterocycles. The van der Waals surface area contributed by atoms with E-state index in [0.29, 0.717) is 13.1 Å². The second-order valence-electron chi connectivity index (χ2n) is 3.51. The van der Waals surface area contributed by atoms with Gasteiger partial charge in [-0.15, -0.1) is 0 Å². The van der Waals surface area contributed by atoms with E-state index in [1.807, 2.05) is 19.0 Å². The fraction of sp³-hybridized carbons (Fsp3) is 1.00. The standard InChI is InChI=1S/C8H17FN2/c1-10(2)6-8(9)7-11-4-3-5-11/h8H,3-7H2,1-2H3. The van der Waals surface area contributed by atoms with E-state index < -0.39 is 6.17 Å². The zero-order valence-corrected chi connectivity index (χ0v) is 7.39. The summed E-state index contributed by atoms with van der Waals surface area (Å²) in [6.45, 7) is 3.36. The Morgan fingerprint density at radius 3 is 2.45 bits per heavy atom. The smallest absolute Gasteiger partial charge is 0.125 e. The monoisotopic (exact) mass is 160 g/mol. The molecule has 66 valence electrons. The summed E-state index contributed by atoms with van der Waals surface area (Å²) in [6, 6.07) is 0. The first-order valence-corrected chi connectivity index (χ1v) is 4.19. The molecular weight excluding hydrogens is 143 g/mol. The van der Waals surface area contributed by atoms with Gasteiger partial charge in [-0.1, -0.05) is 0 Å². The summed E-state index contributed by atoms with van der Waals surface area (Å²) >= 11 is 0. The molecule has 0 radical (unpaired) electrons. The molecule has 1 aliphatic rings. The lowest BCUT2D eigenvalue weighted by molar-refractivity contribution is 0.115. The van der Waals surface area contributed by atoms with Crippen LogP contribution in [-0.4, -0.2) is 56.2 Å². The lowest BCUT2D eigenvalue weighted by Gasteiger charge is -2.32. The molecule has 1 aliphatic heterocycles. The van der Waals surface area contributed by atoms with Crippen molar-refractivity contribution in [3.63, 3.8) is 0 Å². The summed E-state index contributed by atoms with van der Waals surface area (Å²) in [5.74, 6) is 0. The van der Waals surface area contributed by atoms with E-state index >= 15 is 0 Å². The summed E-state index contributed by atoms with van der Waals surface area (Å²) in [7, 11) is 3.81. The molecule has 0 aromatic carbocycles. The Kier molecular flexibility index (Phi) is 3.27. The van der Waals surface area contributed by atoms with Crippen LogP contribution in [0, 0.1) is 0 Å². The Balaban J connectivity index is 2.04. The number of rotatable bonds is 4. The minimum absolute atomic E-state index is 0.552. The highest BCUT2D eigenvalue weighted by atomic mass is 19.1. The van der Waals surface area contributed by atoms with Gasteiger partial charge in [-0.2, -0.15) is 0 Å². The van der Waals surface area contributed by atoms with Gasteiger partial charge in [0.05, 0.1) is 0 Å². The SMILES string of the molecule is CN(C)CC(F)CN1CCC1.